The lowest BCUT2D eigenvalue weighted by Gasteiger charge is -2.09. The molecule has 128 valence electrons. The summed E-state index contributed by atoms with van der Waals surface area (Å²) < 4.78 is 1.52. The predicted molar refractivity (Wildman–Crippen MR) is 93.5 cm³/mol. The van der Waals surface area contributed by atoms with E-state index in [-0.39, 0.29) is 18.1 Å². The van der Waals surface area contributed by atoms with Crippen LogP contribution in [-0.2, 0) is 11.3 Å². The van der Waals surface area contributed by atoms with Crippen LogP contribution in [0.15, 0.2) is 30.3 Å². The molecule has 3 aromatic rings. The summed E-state index contributed by atoms with van der Waals surface area (Å²) in [6.07, 6.45) is 0. The molecule has 0 aliphatic heterocycles. The van der Waals surface area contributed by atoms with Crippen LogP contribution in [0.1, 0.15) is 16.7 Å². The number of nitrogens with zero attached hydrogens (tertiary/aromatic N) is 4. The quantitative estimate of drug-likeness (QED) is 0.581. The van der Waals surface area contributed by atoms with Crippen molar-refractivity contribution >= 4 is 28.3 Å². The number of amides is 1. The molecule has 0 saturated carbocycles. The second-order valence-corrected chi connectivity index (χ2v) is 5.98. The lowest BCUT2D eigenvalue weighted by atomic mass is 10.1. The van der Waals surface area contributed by atoms with Crippen molar-refractivity contribution in [2.45, 2.75) is 27.3 Å². The van der Waals surface area contributed by atoms with E-state index in [4.69, 9.17) is 0 Å². The molecule has 0 fully saturated rings. The van der Waals surface area contributed by atoms with E-state index in [2.05, 4.69) is 15.6 Å². The number of benzene rings is 2. The molecule has 8 nitrogen and oxygen atoms in total. The fourth-order valence-corrected chi connectivity index (χ4v) is 2.52. The van der Waals surface area contributed by atoms with Gasteiger partial charge in [0.15, 0.2) is 0 Å². The van der Waals surface area contributed by atoms with E-state index in [0.29, 0.717) is 5.69 Å². The maximum atomic E-state index is 12.3. The number of hydrogen-bond donors (Lipinski definition) is 1. The fourth-order valence-electron chi connectivity index (χ4n) is 2.52. The molecular weight excluding hydrogens is 322 g/mol. The maximum Gasteiger partial charge on any atom is 0.271 e. The van der Waals surface area contributed by atoms with Gasteiger partial charge in [-0.25, -0.2) is 4.68 Å². The largest absolute Gasteiger partial charge is 0.324 e. The minimum Gasteiger partial charge on any atom is -0.324 e. The van der Waals surface area contributed by atoms with Crippen LogP contribution >= 0.6 is 0 Å². The first-order valence-electron chi connectivity index (χ1n) is 7.70. The Kier molecular flexibility index (Phi) is 4.18. The van der Waals surface area contributed by atoms with Crippen LogP contribution in [0.5, 0.6) is 0 Å². The van der Waals surface area contributed by atoms with Crippen molar-refractivity contribution in [3.8, 4) is 0 Å². The van der Waals surface area contributed by atoms with Gasteiger partial charge in [0.2, 0.25) is 5.91 Å². The molecule has 1 N–H and O–H groups in total. The zero-order chi connectivity index (χ0) is 18.1. The van der Waals surface area contributed by atoms with Gasteiger partial charge in [-0.2, -0.15) is 0 Å². The molecule has 0 spiro atoms. The van der Waals surface area contributed by atoms with Crippen molar-refractivity contribution < 1.29 is 9.72 Å². The molecule has 0 unspecified atom stereocenters. The van der Waals surface area contributed by atoms with Gasteiger partial charge in [0.1, 0.15) is 12.1 Å². The average molecular weight is 339 g/mol. The first-order chi connectivity index (χ1) is 11.8. The summed E-state index contributed by atoms with van der Waals surface area (Å²) in [5.74, 6) is -0.325. The van der Waals surface area contributed by atoms with Crippen LogP contribution in [0, 0.1) is 30.9 Å². The van der Waals surface area contributed by atoms with Crippen LogP contribution in [-0.4, -0.2) is 25.8 Å². The fraction of sp³-hybridized carbons (Fsp3) is 0.235. The molecule has 0 radical (unpaired) electrons. The topological polar surface area (TPSA) is 103 Å². The monoisotopic (exact) mass is 339 g/mol. The zero-order valence-corrected chi connectivity index (χ0v) is 14.1. The Morgan fingerprint density at radius 2 is 1.88 bits per heavy atom. The number of aryl methyl sites for hydroxylation is 3. The summed E-state index contributed by atoms with van der Waals surface area (Å²) in [4.78, 5) is 22.7. The van der Waals surface area contributed by atoms with Crippen LogP contribution < -0.4 is 5.32 Å². The average Bonchev–Trinajstić information content (AvgIpc) is 2.91. The summed E-state index contributed by atoms with van der Waals surface area (Å²) in [5, 5.41) is 21.7. The molecule has 1 amide bonds. The number of fused-ring (bicyclic) bond motifs is 1. The number of anilines is 1. The first kappa shape index (κ1) is 16.6. The van der Waals surface area contributed by atoms with Crippen LogP contribution in [0.4, 0.5) is 11.4 Å². The van der Waals surface area contributed by atoms with Crippen LogP contribution in [0.3, 0.4) is 0 Å². The third-order valence-corrected chi connectivity index (χ3v) is 4.13. The molecule has 0 aliphatic rings. The molecule has 8 heteroatoms. The normalized spacial score (nSPS) is 10.8. The number of hydrogen-bond acceptors (Lipinski definition) is 5. The van der Waals surface area contributed by atoms with Crippen molar-refractivity contribution in [2.75, 3.05) is 5.32 Å². The third-order valence-electron chi connectivity index (χ3n) is 4.13. The van der Waals surface area contributed by atoms with E-state index in [1.54, 1.807) is 13.0 Å². The Balaban J connectivity index is 1.83. The summed E-state index contributed by atoms with van der Waals surface area (Å²) in [6.45, 7) is 5.72. The number of nitro benzene ring substituents is 1. The predicted octanol–water partition coefficient (Wildman–Crippen LogP) is 2.90. The van der Waals surface area contributed by atoms with Gasteiger partial charge < -0.3 is 5.32 Å². The van der Waals surface area contributed by atoms with Crippen molar-refractivity contribution in [1.82, 2.24) is 15.0 Å². The van der Waals surface area contributed by atoms with Gasteiger partial charge in [0.25, 0.3) is 5.69 Å². The standard InChI is InChI=1S/C17H17N5O3/c1-10-4-5-13(22(24)25)8-14(10)18-17(23)9-21-16-7-12(3)11(2)6-15(16)19-20-21/h4-8H,9H2,1-3H3,(H,18,23). The number of nitro groups is 1. The molecular formula is C17H17N5O3. The van der Waals surface area contributed by atoms with Gasteiger partial charge in [0, 0.05) is 12.1 Å². The third kappa shape index (κ3) is 3.32. The highest BCUT2D eigenvalue weighted by Gasteiger charge is 2.14. The summed E-state index contributed by atoms with van der Waals surface area (Å²) in [5.41, 5.74) is 4.78. The number of carbonyl (C=O) groups is 1. The Hall–Kier alpha value is -3.29. The minimum absolute atomic E-state index is 0.0267. The summed E-state index contributed by atoms with van der Waals surface area (Å²) in [6, 6.07) is 8.22. The van der Waals surface area contributed by atoms with Gasteiger partial charge in [-0.1, -0.05) is 11.3 Å². The molecule has 3 rings (SSSR count). The van der Waals surface area contributed by atoms with E-state index < -0.39 is 4.92 Å². The van der Waals surface area contributed by atoms with E-state index in [9.17, 15) is 14.9 Å². The Morgan fingerprint density at radius 3 is 2.60 bits per heavy atom. The highest BCUT2D eigenvalue weighted by Crippen LogP contribution is 2.22. The van der Waals surface area contributed by atoms with Crippen molar-refractivity contribution in [3.63, 3.8) is 0 Å². The number of carbonyl (C=O) groups excluding carboxylic acids is 1. The second kappa shape index (κ2) is 6.31. The molecule has 25 heavy (non-hydrogen) atoms. The molecule has 0 atom stereocenters. The van der Waals surface area contributed by atoms with Gasteiger partial charge in [-0.3, -0.25) is 14.9 Å². The van der Waals surface area contributed by atoms with Crippen LogP contribution in [0.2, 0.25) is 0 Å². The van der Waals surface area contributed by atoms with E-state index in [1.165, 1.54) is 16.8 Å². The number of non-ortho nitro benzene ring substituents is 1. The molecule has 2 aromatic carbocycles. The first-order valence-corrected chi connectivity index (χ1v) is 7.70. The number of rotatable bonds is 4. The summed E-state index contributed by atoms with van der Waals surface area (Å²) in [7, 11) is 0. The second-order valence-electron chi connectivity index (χ2n) is 5.98. The Labute approximate surface area is 143 Å². The SMILES string of the molecule is Cc1cc2nnn(CC(=O)Nc3cc([N+](=O)[O-])ccc3C)c2cc1C. The van der Waals surface area contributed by atoms with Gasteiger partial charge in [-0.15, -0.1) is 5.10 Å². The van der Waals surface area contributed by atoms with E-state index >= 15 is 0 Å². The van der Waals surface area contributed by atoms with Crippen molar-refractivity contribution in [1.29, 1.82) is 0 Å². The lowest BCUT2D eigenvalue weighted by Crippen LogP contribution is -2.20. The highest BCUT2D eigenvalue weighted by atomic mass is 16.6. The highest BCUT2D eigenvalue weighted by molar-refractivity contribution is 5.92. The molecule has 0 aliphatic carbocycles. The van der Waals surface area contributed by atoms with Gasteiger partial charge in [0.05, 0.1) is 16.1 Å². The lowest BCUT2D eigenvalue weighted by molar-refractivity contribution is -0.384. The Bertz CT molecular complexity index is 993. The smallest absolute Gasteiger partial charge is 0.271 e. The van der Waals surface area contributed by atoms with Gasteiger partial charge in [-0.05, 0) is 49.6 Å². The van der Waals surface area contributed by atoms with Gasteiger partial charge >= 0.3 is 0 Å². The number of aromatic nitrogens is 3. The maximum absolute atomic E-state index is 12.3. The van der Waals surface area contributed by atoms with E-state index in [0.717, 1.165) is 27.7 Å². The summed E-state index contributed by atoms with van der Waals surface area (Å²) >= 11 is 0. The van der Waals surface area contributed by atoms with Crippen molar-refractivity contribution in [3.05, 3.63) is 57.1 Å². The zero-order valence-electron chi connectivity index (χ0n) is 14.1. The van der Waals surface area contributed by atoms with Crippen LogP contribution in [0.25, 0.3) is 11.0 Å². The Morgan fingerprint density at radius 1 is 1.16 bits per heavy atom. The number of nitrogens with one attached hydrogen (secondary N) is 1. The molecule has 1 aromatic heterocycles. The van der Waals surface area contributed by atoms with E-state index in [1.807, 2.05) is 26.0 Å². The molecule has 0 saturated heterocycles. The molecule has 1 heterocycles. The minimum atomic E-state index is -0.495. The van der Waals surface area contributed by atoms with Crippen molar-refractivity contribution in [2.24, 2.45) is 0 Å². The molecule has 0 bridgehead atoms.